The molecule has 0 spiro atoms. The van der Waals surface area contributed by atoms with Gasteiger partial charge in [-0.3, -0.25) is 9.59 Å². The lowest BCUT2D eigenvalue weighted by atomic mass is 9.75. The van der Waals surface area contributed by atoms with Crippen molar-refractivity contribution in [2.75, 3.05) is 20.3 Å². The van der Waals surface area contributed by atoms with E-state index in [-0.39, 0.29) is 11.8 Å². The van der Waals surface area contributed by atoms with E-state index in [4.69, 9.17) is 4.74 Å². The Bertz CT molecular complexity index is 1110. The van der Waals surface area contributed by atoms with Crippen molar-refractivity contribution < 1.29 is 14.3 Å². The maximum atomic E-state index is 13.5. The molecule has 6 heteroatoms. The highest BCUT2D eigenvalue weighted by Crippen LogP contribution is 2.43. The Morgan fingerprint density at radius 3 is 2.55 bits per heavy atom. The Labute approximate surface area is 195 Å². The molecule has 3 aliphatic carbocycles. The van der Waals surface area contributed by atoms with Gasteiger partial charge in [-0.15, -0.1) is 0 Å². The summed E-state index contributed by atoms with van der Waals surface area (Å²) >= 11 is 0. The molecule has 1 saturated heterocycles. The number of nitrogens with one attached hydrogen (secondary N) is 1. The van der Waals surface area contributed by atoms with Crippen molar-refractivity contribution in [3.05, 3.63) is 35.0 Å². The minimum atomic E-state index is -0.654. The van der Waals surface area contributed by atoms with E-state index in [1.807, 2.05) is 6.07 Å². The summed E-state index contributed by atoms with van der Waals surface area (Å²) in [5.74, 6) is 1.43. The Hall–Kier alpha value is -2.34. The van der Waals surface area contributed by atoms with Crippen LogP contribution in [-0.2, 0) is 29.4 Å². The van der Waals surface area contributed by atoms with Crippen LogP contribution in [0, 0.1) is 11.8 Å². The molecule has 6 nitrogen and oxygen atoms in total. The van der Waals surface area contributed by atoms with E-state index in [1.54, 1.807) is 11.9 Å². The Kier molecular flexibility index (Phi) is 5.05. The normalized spacial score (nSPS) is 24.4. The number of carbonyl (C=O) groups is 2. The third kappa shape index (κ3) is 3.58. The molecule has 1 aromatic carbocycles. The van der Waals surface area contributed by atoms with Gasteiger partial charge in [-0.1, -0.05) is 0 Å². The van der Waals surface area contributed by atoms with Crippen LogP contribution < -0.4 is 5.32 Å². The topological polar surface area (TPSA) is 63.6 Å². The van der Waals surface area contributed by atoms with Gasteiger partial charge in [0.15, 0.2) is 0 Å². The van der Waals surface area contributed by atoms with Crippen LogP contribution >= 0.6 is 0 Å². The second-order valence-electron chi connectivity index (χ2n) is 10.8. The van der Waals surface area contributed by atoms with Gasteiger partial charge in [0.2, 0.25) is 5.91 Å². The van der Waals surface area contributed by atoms with Gasteiger partial charge in [-0.2, -0.15) is 0 Å². The molecule has 2 aromatic rings. The molecule has 1 aliphatic heterocycles. The molecular formula is C27H35N3O3. The summed E-state index contributed by atoms with van der Waals surface area (Å²) in [5.41, 5.74) is 4.10. The first kappa shape index (κ1) is 21.2. The number of aromatic nitrogens is 1. The Morgan fingerprint density at radius 1 is 1.09 bits per heavy atom. The van der Waals surface area contributed by atoms with Crippen LogP contribution in [0.4, 0.5) is 0 Å². The molecule has 4 aliphatic rings. The first-order valence-electron chi connectivity index (χ1n) is 12.7. The zero-order valence-electron chi connectivity index (χ0n) is 19.9. The number of carbonyl (C=O) groups excluding carboxylic acids is 2. The quantitative estimate of drug-likeness (QED) is 0.759. The molecule has 3 fully saturated rings. The molecule has 1 N–H and O–H groups in total. The van der Waals surface area contributed by atoms with Crippen LogP contribution in [0.15, 0.2) is 18.2 Å². The maximum absolute atomic E-state index is 13.5. The van der Waals surface area contributed by atoms with Crippen molar-refractivity contribution in [1.29, 1.82) is 0 Å². The van der Waals surface area contributed by atoms with Crippen LogP contribution in [0.3, 0.4) is 0 Å². The van der Waals surface area contributed by atoms with E-state index in [1.165, 1.54) is 41.4 Å². The lowest BCUT2D eigenvalue weighted by Crippen LogP contribution is -2.50. The molecule has 1 atom stereocenters. The predicted molar refractivity (Wildman–Crippen MR) is 127 cm³/mol. The SMILES string of the molecule is CN(C(=O)c1ccc2c(c1)c1c(n2C)CCC(C2CCOCC2)C1)C1(C(=O)NC2CC2)CC1. The molecule has 2 heterocycles. The molecule has 6 rings (SSSR count). The number of aryl methyl sites for hydroxylation is 1. The van der Waals surface area contributed by atoms with Gasteiger partial charge in [0.05, 0.1) is 0 Å². The molecule has 0 bridgehead atoms. The third-order valence-electron chi connectivity index (χ3n) is 8.84. The molecule has 2 amide bonds. The first-order valence-corrected chi connectivity index (χ1v) is 12.7. The van der Waals surface area contributed by atoms with Crippen LogP contribution in [0.2, 0.25) is 0 Å². The molecule has 0 radical (unpaired) electrons. The van der Waals surface area contributed by atoms with Gasteiger partial charge in [0, 0.05) is 55.5 Å². The first-order chi connectivity index (χ1) is 16.0. The minimum absolute atomic E-state index is 0.0262. The summed E-state index contributed by atoms with van der Waals surface area (Å²) in [6, 6.07) is 6.45. The number of fused-ring (bicyclic) bond motifs is 3. The van der Waals surface area contributed by atoms with Crippen molar-refractivity contribution in [2.24, 2.45) is 18.9 Å². The number of hydrogen-bond acceptors (Lipinski definition) is 3. The van der Waals surface area contributed by atoms with E-state index in [0.717, 1.165) is 57.7 Å². The van der Waals surface area contributed by atoms with E-state index >= 15 is 0 Å². The zero-order chi connectivity index (χ0) is 22.7. The lowest BCUT2D eigenvalue weighted by molar-refractivity contribution is -0.126. The highest BCUT2D eigenvalue weighted by Gasteiger charge is 2.55. The van der Waals surface area contributed by atoms with E-state index in [0.29, 0.717) is 17.5 Å². The van der Waals surface area contributed by atoms with Crippen LogP contribution in [-0.4, -0.2) is 53.1 Å². The summed E-state index contributed by atoms with van der Waals surface area (Å²) in [6.45, 7) is 1.79. The van der Waals surface area contributed by atoms with Gasteiger partial charge in [0.1, 0.15) is 5.54 Å². The lowest BCUT2D eigenvalue weighted by Gasteiger charge is -2.33. The van der Waals surface area contributed by atoms with Crippen molar-refractivity contribution in [2.45, 2.75) is 69.4 Å². The fourth-order valence-corrected chi connectivity index (χ4v) is 6.30. The summed E-state index contributed by atoms with van der Waals surface area (Å²) in [7, 11) is 3.96. The van der Waals surface area contributed by atoms with Gasteiger partial charge in [-0.25, -0.2) is 0 Å². The Balaban J connectivity index is 1.28. The third-order valence-corrected chi connectivity index (χ3v) is 8.84. The van der Waals surface area contributed by atoms with Crippen LogP contribution in [0.5, 0.6) is 0 Å². The van der Waals surface area contributed by atoms with Crippen molar-refractivity contribution in [1.82, 2.24) is 14.8 Å². The van der Waals surface area contributed by atoms with Crippen molar-refractivity contribution in [3.8, 4) is 0 Å². The minimum Gasteiger partial charge on any atom is -0.381 e. The van der Waals surface area contributed by atoms with Crippen molar-refractivity contribution >= 4 is 22.7 Å². The second kappa shape index (κ2) is 7.86. The smallest absolute Gasteiger partial charge is 0.254 e. The Morgan fingerprint density at radius 2 is 1.85 bits per heavy atom. The number of likely N-dealkylation sites (N-methyl/N-ethyl adjacent to an activating group) is 1. The highest BCUT2D eigenvalue weighted by atomic mass is 16.5. The summed E-state index contributed by atoms with van der Waals surface area (Å²) in [4.78, 5) is 28.0. The van der Waals surface area contributed by atoms with Crippen molar-refractivity contribution in [3.63, 3.8) is 0 Å². The van der Waals surface area contributed by atoms with Gasteiger partial charge in [-0.05, 0) is 93.4 Å². The average molecular weight is 450 g/mol. The summed E-state index contributed by atoms with van der Waals surface area (Å²) in [5, 5.41) is 4.33. The molecule has 1 aromatic heterocycles. The average Bonchev–Trinajstić information content (AvgIpc) is 3.78. The van der Waals surface area contributed by atoms with E-state index in [9.17, 15) is 9.59 Å². The summed E-state index contributed by atoms with van der Waals surface area (Å²) < 4.78 is 7.93. The molecule has 176 valence electrons. The predicted octanol–water partition coefficient (Wildman–Crippen LogP) is 3.59. The standard InChI is InChI=1S/C27H35N3O3/c1-29-23-7-3-18(17-9-13-33-14-10-17)15-21(23)22-16-19(4-8-24(22)29)25(31)30(2)27(11-12-27)26(32)28-20-5-6-20/h4,8,16-18,20H,3,5-7,9-15H2,1-2H3,(H,28,32). The van der Waals surface area contributed by atoms with Gasteiger partial charge < -0.3 is 19.5 Å². The van der Waals surface area contributed by atoms with E-state index in [2.05, 4.69) is 29.1 Å². The number of ether oxygens (including phenoxy) is 1. The fraction of sp³-hybridized carbons (Fsp3) is 0.630. The molecule has 1 unspecified atom stereocenters. The van der Waals surface area contributed by atoms with Gasteiger partial charge in [0.25, 0.3) is 5.91 Å². The van der Waals surface area contributed by atoms with Gasteiger partial charge >= 0.3 is 0 Å². The molecular weight excluding hydrogens is 414 g/mol. The highest BCUT2D eigenvalue weighted by molar-refractivity contribution is 6.03. The van der Waals surface area contributed by atoms with Crippen LogP contribution in [0.25, 0.3) is 10.9 Å². The number of amides is 2. The number of hydrogen-bond donors (Lipinski definition) is 1. The number of nitrogens with zero attached hydrogens (tertiary/aromatic N) is 2. The molecule has 2 saturated carbocycles. The second-order valence-corrected chi connectivity index (χ2v) is 10.8. The summed E-state index contributed by atoms with van der Waals surface area (Å²) in [6.07, 6.45) is 9.42. The number of rotatable bonds is 5. The largest absolute Gasteiger partial charge is 0.381 e. The fourth-order valence-electron chi connectivity index (χ4n) is 6.30. The number of benzene rings is 1. The maximum Gasteiger partial charge on any atom is 0.254 e. The van der Waals surface area contributed by atoms with Crippen LogP contribution in [0.1, 0.15) is 66.6 Å². The zero-order valence-corrected chi connectivity index (χ0v) is 19.9. The molecule has 33 heavy (non-hydrogen) atoms. The monoisotopic (exact) mass is 449 g/mol. The van der Waals surface area contributed by atoms with E-state index < -0.39 is 5.54 Å².